The van der Waals surface area contributed by atoms with Crippen molar-refractivity contribution in [3.05, 3.63) is 71.2 Å². The molecule has 0 N–H and O–H groups in total. The van der Waals surface area contributed by atoms with Crippen LogP contribution in [0.25, 0.3) is 6.08 Å². The summed E-state index contributed by atoms with van der Waals surface area (Å²) in [5.74, 6) is -0.144. The maximum Gasteiger partial charge on any atom is 0.363 e. The van der Waals surface area contributed by atoms with Crippen molar-refractivity contribution in [2.75, 3.05) is 6.61 Å². The first-order chi connectivity index (χ1) is 11.7. The number of halogens is 1. The van der Waals surface area contributed by atoms with Crippen molar-refractivity contribution < 1.29 is 18.7 Å². The molecule has 4 nitrogen and oxygen atoms in total. The Hall–Kier alpha value is -2.95. The van der Waals surface area contributed by atoms with Crippen LogP contribution in [-0.2, 0) is 9.53 Å². The molecule has 0 spiro atoms. The van der Waals surface area contributed by atoms with E-state index in [9.17, 15) is 9.18 Å². The van der Waals surface area contributed by atoms with Crippen LogP contribution in [0.1, 0.15) is 24.5 Å². The molecule has 24 heavy (non-hydrogen) atoms. The number of cyclic esters (lactones) is 1. The van der Waals surface area contributed by atoms with Gasteiger partial charge in [-0.25, -0.2) is 14.2 Å². The molecule has 0 aliphatic carbocycles. The van der Waals surface area contributed by atoms with Gasteiger partial charge in [-0.2, -0.15) is 0 Å². The molecular weight excluding hydrogens is 309 g/mol. The van der Waals surface area contributed by atoms with Gasteiger partial charge in [0.05, 0.1) is 6.61 Å². The van der Waals surface area contributed by atoms with Gasteiger partial charge in [-0.05, 0) is 48.4 Å². The molecule has 1 aliphatic rings. The summed E-state index contributed by atoms with van der Waals surface area (Å²) in [4.78, 5) is 16.1. The van der Waals surface area contributed by atoms with Crippen LogP contribution < -0.4 is 4.74 Å². The van der Waals surface area contributed by atoms with Crippen LogP contribution in [0.4, 0.5) is 4.39 Å². The average Bonchev–Trinajstić information content (AvgIpc) is 2.94. The number of carbonyl (C=O) groups is 1. The van der Waals surface area contributed by atoms with E-state index in [0.717, 1.165) is 17.7 Å². The molecule has 2 aromatic rings. The van der Waals surface area contributed by atoms with Gasteiger partial charge in [-0.1, -0.05) is 25.1 Å². The SMILES string of the molecule is CCCOc1cccc(/C=C2/N=C(c3cccc(F)c3)OC2=O)c1. The topological polar surface area (TPSA) is 47.9 Å². The van der Waals surface area contributed by atoms with Crippen LogP contribution in [0.2, 0.25) is 0 Å². The summed E-state index contributed by atoms with van der Waals surface area (Å²) in [7, 11) is 0. The number of ether oxygens (including phenoxy) is 2. The van der Waals surface area contributed by atoms with E-state index in [1.165, 1.54) is 18.2 Å². The highest BCUT2D eigenvalue weighted by molar-refractivity contribution is 6.12. The minimum Gasteiger partial charge on any atom is -0.494 e. The number of hydrogen-bond acceptors (Lipinski definition) is 4. The van der Waals surface area contributed by atoms with Gasteiger partial charge in [0.25, 0.3) is 0 Å². The van der Waals surface area contributed by atoms with E-state index in [4.69, 9.17) is 9.47 Å². The maximum absolute atomic E-state index is 13.3. The Bertz CT molecular complexity index is 827. The van der Waals surface area contributed by atoms with Crippen molar-refractivity contribution >= 4 is 17.9 Å². The average molecular weight is 325 g/mol. The second-order valence-corrected chi connectivity index (χ2v) is 5.27. The van der Waals surface area contributed by atoms with E-state index in [2.05, 4.69) is 4.99 Å². The molecule has 0 unspecified atom stereocenters. The van der Waals surface area contributed by atoms with Crippen LogP contribution in [0, 0.1) is 5.82 Å². The highest BCUT2D eigenvalue weighted by Crippen LogP contribution is 2.21. The van der Waals surface area contributed by atoms with E-state index >= 15 is 0 Å². The number of benzene rings is 2. The first-order valence-corrected chi connectivity index (χ1v) is 7.67. The normalized spacial score (nSPS) is 15.3. The zero-order valence-electron chi connectivity index (χ0n) is 13.2. The van der Waals surface area contributed by atoms with Crippen molar-refractivity contribution in [2.45, 2.75) is 13.3 Å². The number of nitrogens with zero attached hydrogens (tertiary/aromatic N) is 1. The largest absolute Gasteiger partial charge is 0.494 e. The summed E-state index contributed by atoms with van der Waals surface area (Å²) in [5.41, 5.74) is 1.37. The lowest BCUT2D eigenvalue weighted by Gasteiger charge is -2.04. The predicted molar refractivity (Wildman–Crippen MR) is 89.2 cm³/mol. The molecule has 1 heterocycles. The zero-order valence-corrected chi connectivity index (χ0v) is 13.2. The molecule has 0 aromatic heterocycles. The van der Waals surface area contributed by atoms with Gasteiger partial charge in [0, 0.05) is 5.56 Å². The van der Waals surface area contributed by atoms with Crippen molar-refractivity contribution in [1.29, 1.82) is 0 Å². The Morgan fingerprint density at radius 3 is 2.83 bits per heavy atom. The summed E-state index contributed by atoms with van der Waals surface area (Å²) in [6, 6.07) is 13.1. The lowest BCUT2D eigenvalue weighted by Crippen LogP contribution is -2.05. The molecular formula is C19H16FNO3. The molecule has 0 amide bonds. The minimum atomic E-state index is -0.561. The number of esters is 1. The van der Waals surface area contributed by atoms with Gasteiger partial charge < -0.3 is 9.47 Å². The Morgan fingerprint density at radius 2 is 2.04 bits per heavy atom. The molecule has 0 bridgehead atoms. The minimum absolute atomic E-state index is 0.101. The lowest BCUT2D eigenvalue weighted by molar-refractivity contribution is -0.129. The van der Waals surface area contributed by atoms with Gasteiger partial charge in [0.15, 0.2) is 5.70 Å². The molecule has 0 radical (unpaired) electrons. The highest BCUT2D eigenvalue weighted by atomic mass is 19.1. The third-order valence-corrected chi connectivity index (χ3v) is 3.33. The fourth-order valence-electron chi connectivity index (χ4n) is 2.23. The van der Waals surface area contributed by atoms with Gasteiger partial charge in [-0.3, -0.25) is 0 Å². The Balaban J connectivity index is 1.86. The van der Waals surface area contributed by atoms with Crippen molar-refractivity contribution in [3.8, 4) is 5.75 Å². The van der Waals surface area contributed by atoms with Crippen LogP contribution in [0.15, 0.2) is 59.2 Å². The van der Waals surface area contributed by atoms with Crippen molar-refractivity contribution in [2.24, 2.45) is 4.99 Å². The fraction of sp³-hybridized carbons (Fsp3) is 0.158. The predicted octanol–water partition coefficient (Wildman–Crippen LogP) is 3.96. The highest BCUT2D eigenvalue weighted by Gasteiger charge is 2.24. The van der Waals surface area contributed by atoms with Gasteiger partial charge in [0.2, 0.25) is 5.90 Å². The smallest absolute Gasteiger partial charge is 0.363 e. The second kappa shape index (κ2) is 7.08. The Kier molecular flexibility index (Phi) is 4.70. The number of hydrogen-bond donors (Lipinski definition) is 0. The van der Waals surface area contributed by atoms with E-state index in [1.54, 1.807) is 12.1 Å². The third-order valence-electron chi connectivity index (χ3n) is 3.33. The van der Waals surface area contributed by atoms with Crippen LogP contribution >= 0.6 is 0 Å². The zero-order chi connectivity index (χ0) is 16.9. The standard InChI is InChI=1S/C19H16FNO3/c1-2-9-23-16-8-3-5-13(10-16)11-17-19(22)24-18(21-17)14-6-4-7-15(20)12-14/h3-8,10-12H,2,9H2,1H3/b17-11+. The monoisotopic (exact) mass is 325 g/mol. The summed E-state index contributed by atoms with van der Waals surface area (Å²) >= 11 is 0. The molecule has 2 aromatic carbocycles. The lowest BCUT2D eigenvalue weighted by atomic mass is 10.2. The summed E-state index contributed by atoms with van der Waals surface area (Å²) in [6.45, 7) is 2.66. The molecule has 1 aliphatic heterocycles. The maximum atomic E-state index is 13.3. The molecule has 0 fully saturated rings. The van der Waals surface area contributed by atoms with Crippen LogP contribution in [0.5, 0.6) is 5.75 Å². The third kappa shape index (κ3) is 3.68. The van der Waals surface area contributed by atoms with Gasteiger partial charge in [-0.15, -0.1) is 0 Å². The van der Waals surface area contributed by atoms with Crippen molar-refractivity contribution in [3.63, 3.8) is 0 Å². The quantitative estimate of drug-likeness (QED) is 0.617. The van der Waals surface area contributed by atoms with Gasteiger partial charge in [0.1, 0.15) is 11.6 Å². The summed E-state index contributed by atoms with van der Waals surface area (Å²) in [5, 5.41) is 0. The van der Waals surface area contributed by atoms with E-state index in [0.29, 0.717) is 12.2 Å². The van der Waals surface area contributed by atoms with E-state index in [1.807, 2.05) is 31.2 Å². The molecule has 0 saturated carbocycles. The molecule has 3 rings (SSSR count). The first kappa shape index (κ1) is 15.9. The fourth-order valence-corrected chi connectivity index (χ4v) is 2.23. The van der Waals surface area contributed by atoms with E-state index < -0.39 is 11.8 Å². The van der Waals surface area contributed by atoms with Crippen LogP contribution in [0.3, 0.4) is 0 Å². The molecule has 0 saturated heterocycles. The second-order valence-electron chi connectivity index (χ2n) is 5.27. The molecule has 5 heteroatoms. The first-order valence-electron chi connectivity index (χ1n) is 7.67. The Morgan fingerprint density at radius 1 is 1.21 bits per heavy atom. The van der Waals surface area contributed by atoms with Crippen molar-refractivity contribution in [1.82, 2.24) is 0 Å². The molecule has 0 atom stereocenters. The summed E-state index contributed by atoms with van der Waals surface area (Å²) in [6.07, 6.45) is 2.53. The van der Waals surface area contributed by atoms with Gasteiger partial charge >= 0.3 is 5.97 Å². The number of carbonyl (C=O) groups excluding carboxylic acids is 1. The number of rotatable bonds is 5. The van der Waals surface area contributed by atoms with Crippen LogP contribution in [-0.4, -0.2) is 18.5 Å². The molecule has 122 valence electrons. The van der Waals surface area contributed by atoms with E-state index in [-0.39, 0.29) is 11.6 Å². The summed E-state index contributed by atoms with van der Waals surface area (Å²) < 4.78 is 24.0. The Labute approximate surface area is 139 Å². The number of aliphatic imine (C=N–C) groups is 1.